The Bertz CT molecular complexity index is 533. The molecule has 1 aliphatic rings. The van der Waals surface area contributed by atoms with Crippen LogP contribution in [0.2, 0.25) is 0 Å². The molecule has 3 rings (SSSR count). The maximum atomic E-state index is 10.9. The Morgan fingerprint density at radius 1 is 1.38 bits per heavy atom. The summed E-state index contributed by atoms with van der Waals surface area (Å²) in [5.41, 5.74) is 2.35. The molecule has 1 fully saturated rings. The maximum Gasteiger partial charge on any atom is 0.407 e. The number of alkyl carbamates (subject to hydrolysis) is 1. The van der Waals surface area contributed by atoms with E-state index in [1.165, 1.54) is 10.9 Å². The molecule has 0 spiro atoms. The van der Waals surface area contributed by atoms with Crippen molar-refractivity contribution in [1.29, 1.82) is 0 Å². The number of amides is 1. The molecule has 0 bridgehead atoms. The van der Waals surface area contributed by atoms with Crippen LogP contribution < -0.4 is 5.32 Å². The van der Waals surface area contributed by atoms with E-state index >= 15 is 0 Å². The van der Waals surface area contributed by atoms with Gasteiger partial charge in [-0.05, 0) is 35.6 Å². The Labute approximate surface area is 92.6 Å². The molecule has 2 aromatic rings. The Balaban J connectivity index is 1.81. The number of nitrogens with one attached hydrogen (secondary N) is 2. The molecule has 2 N–H and O–H groups in total. The van der Waals surface area contributed by atoms with Gasteiger partial charge in [0.1, 0.15) is 6.61 Å². The summed E-state index contributed by atoms with van der Waals surface area (Å²) in [6, 6.07) is 8.41. The molecule has 1 aromatic carbocycles. The van der Waals surface area contributed by atoms with Crippen molar-refractivity contribution in [1.82, 2.24) is 10.3 Å². The van der Waals surface area contributed by atoms with E-state index in [-0.39, 0.29) is 12.1 Å². The highest BCUT2D eigenvalue weighted by Crippen LogP contribution is 2.16. The van der Waals surface area contributed by atoms with Crippen molar-refractivity contribution in [3.05, 3.63) is 36.0 Å². The molecule has 16 heavy (non-hydrogen) atoms. The minimum Gasteiger partial charge on any atom is -0.447 e. The fourth-order valence-corrected chi connectivity index (χ4v) is 2.05. The molecule has 2 heterocycles. The van der Waals surface area contributed by atoms with Gasteiger partial charge in [0.2, 0.25) is 0 Å². The number of carbonyl (C=O) groups is 1. The summed E-state index contributed by atoms with van der Waals surface area (Å²) in [5.74, 6) is 0. The number of carbonyl (C=O) groups excluding carboxylic acids is 1. The van der Waals surface area contributed by atoms with Crippen molar-refractivity contribution in [2.24, 2.45) is 0 Å². The van der Waals surface area contributed by atoms with Gasteiger partial charge in [-0.1, -0.05) is 6.07 Å². The molecule has 1 amide bonds. The summed E-state index contributed by atoms with van der Waals surface area (Å²) in [7, 11) is 0. The van der Waals surface area contributed by atoms with Gasteiger partial charge in [0, 0.05) is 11.7 Å². The standard InChI is InChI=1S/C12H12N2O2/c15-12-14-10(7-16-12)6-8-1-2-11-9(5-8)3-4-13-11/h1-5,10,13H,6-7H2,(H,14,15). The molecular weight excluding hydrogens is 204 g/mol. The predicted octanol–water partition coefficient (Wildman–Crippen LogP) is 1.82. The van der Waals surface area contributed by atoms with Crippen LogP contribution in [0.1, 0.15) is 5.56 Å². The lowest BCUT2D eigenvalue weighted by atomic mass is 10.1. The minimum atomic E-state index is -0.312. The fourth-order valence-electron chi connectivity index (χ4n) is 2.05. The van der Waals surface area contributed by atoms with Crippen LogP contribution in [-0.2, 0) is 11.2 Å². The van der Waals surface area contributed by atoms with Crippen molar-refractivity contribution in [2.75, 3.05) is 6.61 Å². The second-order valence-corrected chi connectivity index (χ2v) is 4.04. The van der Waals surface area contributed by atoms with Gasteiger partial charge in [-0.2, -0.15) is 0 Å². The third-order valence-electron chi connectivity index (χ3n) is 2.84. The largest absolute Gasteiger partial charge is 0.447 e. The van der Waals surface area contributed by atoms with Crippen LogP contribution in [0, 0.1) is 0 Å². The SMILES string of the molecule is O=C1NC(Cc2ccc3[nH]ccc3c2)CO1. The highest BCUT2D eigenvalue weighted by Gasteiger charge is 2.22. The molecule has 0 radical (unpaired) electrons. The Kier molecular flexibility index (Phi) is 2.06. The van der Waals surface area contributed by atoms with E-state index in [1.54, 1.807) is 0 Å². The van der Waals surface area contributed by atoms with Crippen LogP contribution in [0.25, 0.3) is 10.9 Å². The maximum absolute atomic E-state index is 10.9. The van der Waals surface area contributed by atoms with E-state index < -0.39 is 0 Å². The minimum absolute atomic E-state index is 0.101. The molecule has 0 aliphatic carbocycles. The molecule has 1 aliphatic heterocycles. The first-order valence-electron chi connectivity index (χ1n) is 5.30. The van der Waals surface area contributed by atoms with Crippen LogP contribution in [0.5, 0.6) is 0 Å². The smallest absolute Gasteiger partial charge is 0.407 e. The summed E-state index contributed by atoms with van der Waals surface area (Å²) in [6.45, 7) is 0.462. The van der Waals surface area contributed by atoms with Crippen molar-refractivity contribution >= 4 is 17.0 Å². The molecule has 1 saturated heterocycles. The highest BCUT2D eigenvalue weighted by atomic mass is 16.6. The second-order valence-electron chi connectivity index (χ2n) is 4.04. The van der Waals surface area contributed by atoms with E-state index in [0.717, 1.165) is 11.9 Å². The van der Waals surface area contributed by atoms with Gasteiger partial charge in [-0.3, -0.25) is 0 Å². The number of aromatic amines is 1. The highest BCUT2D eigenvalue weighted by molar-refractivity contribution is 5.80. The van der Waals surface area contributed by atoms with Crippen molar-refractivity contribution in [3.8, 4) is 0 Å². The van der Waals surface area contributed by atoms with Gasteiger partial charge in [0.15, 0.2) is 0 Å². The molecule has 0 saturated carbocycles. The average Bonchev–Trinajstić information content (AvgIpc) is 2.87. The van der Waals surface area contributed by atoms with E-state index in [1.807, 2.05) is 12.3 Å². The van der Waals surface area contributed by atoms with Gasteiger partial charge in [-0.25, -0.2) is 4.79 Å². The number of cyclic esters (lactones) is 1. The number of H-pyrrole nitrogens is 1. The van der Waals surface area contributed by atoms with Gasteiger partial charge in [-0.15, -0.1) is 0 Å². The second kappa shape index (κ2) is 3.56. The zero-order valence-electron chi connectivity index (χ0n) is 8.69. The lowest BCUT2D eigenvalue weighted by Gasteiger charge is -2.07. The van der Waals surface area contributed by atoms with E-state index in [2.05, 4.69) is 28.5 Å². The first-order valence-corrected chi connectivity index (χ1v) is 5.30. The number of hydrogen-bond acceptors (Lipinski definition) is 2. The van der Waals surface area contributed by atoms with E-state index in [9.17, 15) is 4.79 Å². The number of fused-ring (bicyclic) bond motifs is 1. The van der Waals surface area contributed by atoms with Gasteiger partial charge >= 0.3 is 6.09 Å². The Morgan fingerprint density at radius 2 is 2.31 bits per heavy atom. The lowest BCUT2D eigenvalue weighted by Crippen LogP contribution is -2.28. The van der Waals surface area contributed by atoms with Crippen LogP contribution in [-0.4, -0.2) is 23.7 Å². The van der Waals surface area contributed by atoms with E-state index in [0.29, 0.717) is 6.61 Å². The van der Waals surface area contributed by atoms with Crippen LogP contribution >= 0.6 is 0 Å². The summed E-state index contributed by atoms with van der Waals surface area (Å²) in [5, 5.41) is 3.97. The number of benzene rings is 1. The van der Waals surface area contributed by atoms with Gasteiger partial charge in [0.25, 0.3) is 0 Å². The monoisotopic (exact) mass is 216 g/mol. The summed E-state index contributed by atoms with van der Waals surface area (Å²) in [4.78, 5) is 14.0. The molecule has 4 heteroatoms. The molecule has 4 nitrogen and oxygen atoms in total. The molecule has 1 unspecified atom stereocenters. The molecular formula is C12H12N2O2. The van der Waals surface area contributed by atoms with Crippen molar-refractivity contribution in [3.63, 3.8) is 0 Å². The number of hydrogen-bond donors (Lipinski definition) is 2. The topological polar surface area (TPSA) is 54.1 Å². The normalized spacial score (nSPS) is 19.8. The Hall–Kier alpha value is -1.97. The zero-order valence-corrected chi connectivity index (χ0v) is 8.69. The zero-order chi connectivity index (χ0) is 11.0. The first kappa shape index (κ1) is 9.27. The molecule has 1 atom stereocenters. The summed E-state index contributed by atoms with van der Waals surface area (Å²) >= 11 is 0. The first-order chi connectivity index (χ1) is 7.81. The number of aromatic nitrogens is 1. The third-order valence-corrected chi connectivity index (χ3v) is 2.84. The van der Waals surface area contributed by atoms with Crippen molar-refractivity contribution in [2.45, 2.75) is 12.5 Å². The van der Waals surface area contributed by atoms with Crippen LogP contribution in [0.15, 0.2) is 30.5 Å². The number of ether oxygens (including phenoxy) is 1. The average molecular weight is 216 g/mol. The van der Waals surface area contributed by atoms with Crippen LogP contribution in [0.3, 0.4) is 0 Å². The lowest BCUT2D eigenvalue weighted by molar-refractivity contribution is 0.177. The Morgan fingerprint density at radius 3 is 3.12 bits per heavy atom. The number of rotatable bonds is 2. The molecule has 82 valence electrons. The molecule has 1 aromatic heterocycles. The fraction of sp³-hybridized carbons (Fsp3) is 0.250. The summed E-state index contributed by atoms with van der Waals surface area (Å²) in [6.07, 6.45) is 2.43. The quantitative estimate of drug-likeness (QED) is 0.804. The van der Waals surface area contributed by atoms with Crippen molar-refractivity contribution < 1.29 is 9.53 Å². The third kappa shape index (κ3) is 1.62. The van der Waals surface area contributed by atoms with Crippen LogP contribution in [0.4, 0.5) is 4.79 Å². The summed E-state index contributed by atoms with van der Waals surface area (Å²) < 4.78 is 4.85. The van der Waals surface area contributed by atoms with E-state index in [4.69, 9.17) is 4.74 Å². The predicted molar refractivity (Wildman–Crippen MR) is 60.3 cm³/mol. The van der Waals surface area contributed by atoms with Gasteiger partial charge < -0.3 is 15.0 Å². The van der Waals surface area contributed by atoms with Gasteiger partial charge in [0.05, 0.1) is 6.04 Å².